The smallest absolute Gasteiger partial charge is 0.229 e. The first-order valence-corrected chi connectivity index (χ1v) is 2.16. The predicted octanol–water partition coefficient (Wildman–Crippen LogP) is 1.02. The molecule has 0 aliphatic carbocycles. The Bertz CT molecular complexity index is 202. The van der Waals surface area contributed by atoms with E-state index in [4.69, 9.17) is 0 Å². The van der Waals surface area contributed by atoms with Crippen molar-refractivity contribution in [1.29, 1.82) is 0 Å². The Morgan fingerprint density at radius 1 is 1.44 bits per heavy atom. The third-order valence-corrected chi connectivity index (χ3v) is 0.536. The molecule has 0 unspecified atom stereocenters. The van der Waals surface area contributed by atoms with Crippen LogP contribution in [0.2, 0.25) is 0 Å². The van der Waals surface area contributed by atoms with Gasteiger partial charge in [0.25, 0.3) is 0 Å². The van der Waals surface area contributed by atoms with Gasteiger partial charge in [0.05, 0.1) is 0 Å². The number of hydrogen-bond donors (Lipinski definition) is 0. The topological polar surface area (TPSA) is 77.8 Å². The summed E-state index contributed by atoms with van der Waals surface area (Å²) in [5.74, 6) is -0.482. The Morgan fingerprint density at radius 3 is 2.44 bits per heavy atom. The first kappa shape index (κ1) is 5.67. The quantitative estimate of drug-likeness (QED) is 0.447. The summed E-state index contributed by atoms with van der Waals surface area (Å²) >= 11 is 0. The standard InChI is InChI=1S/C3H3N4O2/c1-2(8)9-3-4-6-7-5-3/h1H3/q+1. The van der Waals surface area contributed by atoms with E-state index in [0.29, 0.717) is 0 Å². The Labute approximate surface area is 50.0 Å². The number of carbonyl (C=O) groups excluding carboxylic acids is 2. The summed E-state index contributed by atoms with van der Waals surface area (Å²) in [6, 6.07) is -0.109. The summed E-state index contributed by atoms with van der Waals surface area (Å²) < 4.78 is 4.37. The molecule has 46 valence electrons. The molecular weight excluding hydrogens is 124 g/mol. The summed E-state index contributed by atoms with van der Waals surface area (Å²) in [6.07, 6.45) is 0. The number of rotatable bonds is 0. The first-order chi connectivity index (χ1) is 4.29. The molecule has 2 amide bonds. The van der Waals surface area contributed by atoms with Crippen molar-refractivity contribution in [2.75, 3.05) is 0 Å². The van der Waals surface area contributed by atoms with Crippen molar-refractivity contribution in [1.82, 2.24) is 0 Å². The number of amides is 2. The Hall–Kier alpha value is -1.46. The summed E-state index contributed by atoms with van der Waals surface area (Å²) in [5, 5.41) is 12.7. The second kappa shape index (κ2) is 2.21. The van der Waals surface area contributed by atoms with Crippen LogP contribution in [-0.2, 0) is 4.79 Å². The van der Waals surface area contributed by atoms with Crippen LogP contribution in [0.25, 0.3) is 0 Å². The van der Waals surface area contributed by atoms with E-state index in [9.17, 15) is 4.79 Å². The molecule has 0 aromatic carbocycles. The summed E-state index contributed by atoms with van der Waals surface area (Å²) in [6.45, 7) is 1.25. The first-order valence-electron chi connectivity index (χ1n) is 2.16. The van der Waals surface area contributed by atoms with Crippen molar-refractivity contribution in [3.8, 4) is 0 Å². The zero-order valence-corrected chi connectivity index (χ0v) is 4.61. The van der Waals surface area contributed by atoms with Gasteiger partial charge in [-0.15, -0.1) is 0 Å². The van der Waals surface area contributed by atoms with Crippen molar-refractivity contribution in [3.05, 3.63) is 0 Å². The Morgan fingerprint density at radius 2 is 2.00 bits per heavy atom. The van der Waals surface area contributed by atoms with Gasteiger partial charge in [-0.1, -0.05) is 0 Å². The van der Waals surface area contributed by atoms with Crippen LogP contribution < -0.4 is 0 Å². The minimum Gasteiger partial charge on any atom is -0.229 e. The van der Waals surface area contributed by atoms with E-state index in [2.05, 4.69) is 25.1 Å². The average Bonchev–Trinajstić information content (AvgIpc) is 2.15. The van der Waals surface area contributed by atoms with Crippen molar-refractivity contribution in [3.63, 3.8) is 0 Å². The highest BCUT2D eigenvalue weighted by Crippen LogP contribution is 2.00. The van der Waals surface area contributed by atoms with E-state index in [0.717, 1.165) is 0 Å². The minimum atomic E-state index is -0.482. The molecule has 0 spiro atoms. The van der Waals surface area contributed by atoms with Crippen molar-refractivity contribution in [2.24, 2.45) is 20.7 Å². The van der Waals surface area contributed by atoms with E-state index in [1.54, 1.807) is 0 Å². The van der Waals surface area contributed by atoms with Crippen molar-refractivity contribution in [2.45, 2.75) is 6.92 Å². The lowest BCUT2D eigenvalue weighted by atomic mass is 10.8. The van der Waals surface area contributed by atoms with Crippen LogP contribution >= 0.6 is 0 Å². The lowest BCUT2D eigenvalue weighted by Gasteiger charge is -1.65. The summed E-state index contributed by atoms with van der Waals surface area (Å²) in [5.41, 5.74) is 0. The maximum Gasteiger partial charge on any atom is 0.580 e. The zero-order valence-electron chi connectivity index (χ0n) is 4.61. The maximum atomic E-state index is 10.2. The maximum absolute atomic E-state index is 10.2. The molecule has 0 aromatic heterocycles. The van der Waals surface area contributed by atoms with E-state index in [1.807, 2.05) is 0 Å². The number of hydrogen-bond acceptors (Lipinski definition) is 3. The van der Waals surface area contributed by atoms with Gasteiger partial charge in [0.2, 0.25) is 0 Å². The van der Waals surface area contributed by atoms with Crippen LogP contribution in [0.1, 0.15) is 6.92 Å². The fourth-order valence-electron chi connectivity index (χ4n) is 0.306. The Balaban J connectivity index is 2.73. The van der Waals surface area contributed by atoms with Crippen molar-refractivity contribution >= 4 is 12.0 Å². The molecule has 0 fully saturated rings. The molecule has 0 bridgehead atoms. The van der Waals surface area contributed by atoms with Gasteiger partial charge >= 0.3 is 12.0 Å². The van der Waals surface area contributed by atoms with Gasteiger partial charge in [-0.2, -0.15) is 0 Å². The number of carbonyl (C=O) groups is 1. The third-order valence-electron chi connectivity index (χ3n) is 0.536. The molecule has 1 aliphatic heterocycles. The molecule has 1 aliphatic rings. The minimum absolute atomic E-state index is 0.109. The van der Waals surface area contributed by atoms with Crippen LogP contribution in [-0.4, -0.2) is 12.0 Å². The number of nitrogens with zero attached hydrogens (tertiary/aromatic N) is 4. The normalized spacial score (nSPS) is 14.6. The van der Waals surface area contributed by atoms with Crippen LogP contribution in [0.5, 0.6) is 0 Å². The average molecular weight is 127 g/mol. The summed E-state index contributed by atoms with van der Waals surface area (Å²) in [4.78, 5) is 10.2. The lowest BCUT2D eigenvalue weighted by molar-refractivity contribution is -0.187. The van der Waals surface area contributed by atoms with E-state index in [1.165, 1.54) is 6.92 Å². The van der Waals surface area contributed by atoms with E-state index < -0.39 is 5.97 Å². The van der Waals surface area contributed by atoms with Gasteiger partial charge in [0.1, 0.15) is 6.92 Å². The van der Waals surface area contributed by atoms with E-state index in [-0.39, 0.29) is 6.03 Å². The molecule has 9 heavy (non-hydrogen) atoms. The van der Waals surface area contributed by atoms with Gasteiger partial charge in [0, 0.05) is 4.79 Å². The van der Waals surface area contributed by atoms with Crippen molar-refractivity contribution < 1.29 is 9.22 Å². The molecule has 0 atom stereocenters. The molecule has 1 heterocycles. The van der Waals surface area contributed by atoms with Gasteiger partial charge in [-0.25, -0.2) is 4.42 Å². The molecular formula is C3H3N4O2+. The fraction of sp³-hybridized carbons (Fsp3) is 0.333. The van der Waals surface area contributed by atoms with E-state index >= 15 is 0 Å². The summed E-state index contributed by atoms with van der Waals surface area (Å²) in [7, 11) is 0. The molecule has 0 radical (unpaired) electrons. The largest absolute Gasteiger partial charge is 0.580 e. The molecule has 6 nitrogen and oxygen atoms in total. The molecule has 1 rings (SSSR count). The highest BCUT2D eigenvalue weighted by molar-refractivity contribution is 5.81. The van der Waals surface area contributed by atoms with Gasteiger partial charge in [-0.3, -0.25) is 0 Å². The van der Waals surface area contributed by atoms with Crippen LogP contribution in [0, 0.1) is 0 Å². The van der Waals surface area contributed by atoms with Gasteiger partial charge in [0.15, 0.2) is 0 Å². The highest BCUT2D eigenvalue weighted by atomic mass is 16.5. The lowest BCUT2D eigenvalue weighted by Crippen LogP contribution is -1.84. The fourth-order valence-corrected chi connectivity index (χ4v) is 0.306. The Kier molecular flexibility index (Phi) is 1.39. The third kappa shape index (κ3) is 1.48. The second-order valence-electron chi connectivity index (χ2n) is 1.26. The number of urea groups is 1. The predicted molar refractivity (Wildman–Crippen MR) is 25.8 cm³/mol. The van der Waals surface area contributed by atoms with Crippen LogP contribution in [0.3, 0.4) is 0 Å². The van der Waals surface area contributed by atoms with Crippen LogP contribution in [0.4, 0.5) is 4.42 Å². The SMILES string of the molecule is CC(=O)[O+]=C1N=NN=N1. The molecule has 0 saturated heterocycles. The molecule has 6 heteroatoms. The monoisotopic (exact) mass is 127 g/mol. The molecule has 0 N–H and O–H groups in total. The highest BCUT2D eigenvalue weighted by Gasteiger charge is 2.12. The van der Waals surface area contributed by atoms with Gasteiger partial charge < -0.3 is 0 Å². The van der Waals surface area contributed by atoms with Crippen LogP contribution in [0.15, 0.2) is 20.7 Å². The molecule has 0 saturated carbocycles. The second-order valence-corrected chi connectivity index (χ2v) is 1.26. The molecule has 0 aromatic rings. The zero-order chi connectivity index (χ0) is 6.69. The van der Waals surface area contributed by atoms with Gasteiger partial charge in [-0.05, 0) is 20.7 Å².